The van der Waals surface area contributed by atoms with Crippen molar-refractivity contribution in [2.75, 3.05) is 19.0 Å². The molecule has 2 N–H and O–H groups in total. The number of hydrazone groups is 1. The molecular weight excluding hydrogens is 542 g/mol. The minimum Gasteiger partial charge on any atom is -0.493 e. The minimum absolute atomic E-state index is 0.124. The third-order valence-corrected chi connectivity index (χ3v) is 6.35. The molecule has 0 bridgehead atoms. The molecule has 210 valence electrons. The van der Waals surface area contributed by atoms with Crippen molar-refractivity contribution in [1.29, 1.82) is 0 Å². The van der Waals surface area contributed by atoms with Crippen molar-refractivity contribution in [3.63, 3.8) is 0 Å². The first-order valence-electron chi connectivity index (χ1n) is 12.8. The summed E-state index contributed by atoms with van der Waals surface area (Å²) in [6, 6.07) is 26.8. The van der Waals surface area contributed by atoms with Crippen LogP contribution >= 0.6 is 11.6 Å². The summed E-state index contributed by atoms with van der Waals surface area (Å²) in [5.41, 5.74) is 6.76. The zero-order valence-electron chi connectivity index (χ0n) is 22.9. The Labute approximate surface area is 243 Å². The van der Waals surface area contributed by atoms with E-state index in [4.69, 9.17) is 25.8 Å². The normalized spacial score (nSPS) is 11.0. The van der Waals surface area contributed by atoms with E-state index in [1.165, 1.54) is 0 Å². The number of carbonyl (C=O) groups excluding carboxylic acids is 2. The third kappa shape index (κ3) is 8.33. The Bertz CT molecular complexity index is 1540. The number of methoxy groups -OCH3 is 1. The number of carbonyl (C=O) groups is 2. The fourth-order valence-corrected chi connectivity index (χ4v) is 3.91. The second-order valence-electron chi connectivity index (χ2n) is 9.10. The lowest BCUT2D eigenvalue weighted by Crippen LogP contribution is -2.21. The van der Waals surface area contributed by atoms with Crippen molar-refractivity contribution >= 4 is 34.8 Å². The number of para-hydroxylation sites is 1. The van der Waals surface area contributed by atoms with Gasteiger partial charge in [0.1, 0.15) is 12.4 Å². The van der Waals surface area contributed by atoms with Crippen LogP contribution in [0, 0.1) is 6.92 Å². The van der Waals surface area contributed by atoms with Crippen LogP contribution in [0.1, 0.15) is 34.0 Å². The van der Waals surface area contributed by atoms with Crippen LogP contribution in [0.5, 0.6) is 17.2 Å². The van der Waals surface area contributed by atoms with Crippen LogP contribution in [0.15, 0.2) is 96.1 Å². The molecule has 0 spiro atoms. The predicted molar refractivity (Wildman–Crippen MR) is 160 cm³/mol. The molecule has 0 aromatic heterocycles. The maximum absolute atomic E-state index is 12.6. The van der Waals surface area contributed by atoms with E-state index in [9.17, 15) is 9.59 Å². The van der Waals surface area contributed by atoms with Gasteiger partial charge in [0.2, 0.25) is 0 Å². The molecule has 8 nitrogen and oxygen atoms in total. The maximum Gasteiger partial charge on any atom is 0.271 e. The molecule has 4 rings (SSSR count). The van der Waals surface area contributed by atoms with Crippen molar-refractivity contribution in [3.05, 3.63) is 118 Å². The lowest BCUT2D eigenvalue weighted by atomic mass is 10.1. The molecule has 0 saturated heterocycles. The summed E-state index contributed by atoms with van der Waals surface area (Å²) < 4.78 is 17.0. The Morgan fingerprint density at radius 2 is 1.54 bits per heavy atom. The summed E-state index contributed by atoms with van der Waals surface area (Å²) in [5.74, 6) is 1.08. The lowest BCUT2D eigenvalue weighted by molar-refractivity contribution is -0.118. The highest BCUT2D eigenvalue weighted by Gasteiger charge is 2.11. The highest BCUT2D eigenvalue weighted by molar-refractivity contribution is 6.30. The Balaban J connectivity index is 1.30. The number of rotatable bonds is 11. The van der Waals surface area contributed by atoms with Gasteiger partial charge in [-0.3, -0.25) is 9.59 Å². The second-order valence-corrected chi connectivity index (χ2v) is 9.54. The number of anilines is 1. The summed E-state index contributed by atoms with van der Waals surface area (Å²) in [7, 11) is 1.56. The number of nitrogens with zero attached hydrogens (tertiary/aromatic N) is 1. The Morgan fingerprint density at radius 3 is 2.24 bits per heavy atom. The molecule has 0 aliphatic heterocycles. The van der Waals surface area contributed by atoms with Crippen LogP contribution in [0.2, 0.25) is 5.02 Å². The Morgan fingerprint density at radius 1 is 0.829 bits per heavy atom. The van der Waals surface area contributed by atoms with Gasteiger partial charge in [-0.2, -0.15) is 5.10 Å². The topological polar surface area (TPSA) is 98.2 Å². The first-order valence-corrected chi connectivity index (χ1v) is 13.2. The number of amides is 2. The van der Waals surface area contributed by atoms with Crippen LogP contribution in [-0.2, 0) is 11.4 Å². The summed E-state index contributed by atoms with van der Waals surface area (Å²) >= 11 is 5.94. The Kier molecular flexibility index (Phi) is 9.96. The van der Waals surface area contributed by atoms with E-state index in [-0.39, 0.29) is 18.4 Å². The Hall–Kier alpha value is -4.82. The molecule has 0 aliphatic carbocycles. The smallest absolute Gasteiger partial charge is 0.271 e. The average Bonchev–Trinajstić information content (AvgIpc) is 2.99. The molecular formula is C32H30ClN3O5. The van der Waals surface area contributed by atoms with E-state index >= 15 is 0 Å². The average molecular weight is 572 g/mol. The highest BCUT2D eigenvalue weighted by Crippen LogP contribution is 2.29. The zero-order chi connectivity index (χ0) is 29.2. The molecule has 4 aromatic rings. The standard InChI is InChI=1S/C32H30ClN3O5/c1-21-6-4-5-7-28(21)41-20-31(37)34-27-15-10-24(11-16-27)32(38)36-35-22(2)25-12-17-29(30(18-25)39-3)40-19-23-8-13-26(33)14-9-23/h4-18H,19-20H2,1-3H3,(H,34,37)(H,36,38)/b35-22+. The van der Waals surface area contributed by atoms with E-state index in [0.717, 1.165) is 16.7 Å². The van der Waals surface area contributed by atoms with Crippen molar-refractivity contribution in [2.24, 2.45) is 5.10 Å². The molecule has 0 heterocycles. The van der Waals surface area contributed by atoms with Crippen molar-refractivity contribution < 1.29 is 23.8 Å². The minimum atomic E-state index is -0.389. The van der Waals surface area contributed by atoms with Gasteiger partial charge in [0.25, 0.3) is 11.8 Å². The number of hydrogen-bond acceptors (Lipinski definition) is 6. The predicted octanol–water partition coefficient (Wildman–Crippen LogP) is 6.41. The van der Waals surface area contributed by atoms with Gasteiger partial charge in [0.05, 0.1) is 12.8 Å². The van der Waals surface area contributed by atoms with Crippen LogP contribution in [0.3, 0.4) is 0 Å². The monoisotopic (exact) mass is 571 g/mol. The van der Waals surface area contributed by atoms with Crippen LogP contribution < -0.4 is 25.0 Å². The van der Waals surface area contributed by atoms with E-state index in [0.29, 0.717) is 45.8 Å². The molecule has 9 heteroatoms. The second kappa shape index (κ2) is 14.0. The molecule has 41 heavy (non-hydrogen) atoms. The summed E-state index contributed by atoms with van der Waals surface area (Å²) in [6.45, 7) is 3.93. The summed E-state index contributed by atoms with van der Waals surface area (Å²) in [6.07, 6.45) is 0. The first kappa shape index (κ1) is 29.2. The van der Waals surface area contributed by atoms with Crippen LogP contribution in [0.25, 0.3) is 0 Å². The molecule has 0 aliphatic rings. The molecule has 0 fully saturated rings. The van der Waals surface area contributed by atoms with Crippen LogP contribution in [-0.4, -0.2) is 31.2 Å². The SMILES string of the molecule is COc1cc(/C(C)=N/NC(=O)c2ccc(NC(=O)COc3ccccc3C)cc2)ccc1OCc1ccc(Cl)cc1. The summed E-state index contributed by atoms with van der Waals surface area (Å²) in [4.78, 5) is 24.9. The van der Waals surface area contributed by atoms with Gasteiger partial charge in [-0.05, 0) is 85.6 Å². The van der Waals surface area contributed by atoms with Crippen molar-refractivity contribution in [1.82, 2.24) is 5.43 Å². The third-order valence-electron chi connectivity index (χ3n) is 6.10. The van der Waals surface area contributed by atoms with Gasteiger partial charge in [-0.1, -0.05) is 41.9 Å². The number of nitrogens with one attached hydrogen (secondary N) is 2. The lowest BCUT2D eigenvalue weighted by Gasteiger charge is -2.12. The number of ether oxygens (including phenoxy) is 3. The number of aryl methyl sites for hydroxylation is 1. The van der Waals surface area contributed by atoms with Gasteiger partial charge in [-0.15, -0.1) is 0 Å². The maximum atomic E-state index is 12.6. The van der Waals surface area contributed by atoms with Crippen molar-refractivity contribution in [3.8, 4) is 17.2 Å². The quantitative estimate of drug-likeness (QED) is 0.160. The molecule has 0 saturated carbocycles. The largest absolute Gasteiger partial charge is 0.493 e. The highest BCUT2D eigenvalue weighted by atomic mass is 35.5. The zero-order valence-corrected chi connectivity index (χ0v) is 23.7. The van der Waals surface area contributed by atoms with Crippen molar-refractivity contribution in [2.45, 2.75) is 20.5 Å². The van der Waals surface area contributed by atoms with Gasteiger partial charge in [0.15, 0.2) is 18.1 Å². The summed E-state index contributed by atoms with van der Waals surface area (Å²) in [5, 5.41) is 7.65. The van der Waals surface area contributed by atoms with E-state index in [1.807, 2.05) is 61.5 Å². The number of hydrogen-bond donors (Lipinski definition) is 2. The fraction of sp³-hybridized carbons (Fsp3) is 0.156. The number of halogens is 1. The van der Waals surface area contributed by atoms with E-state index < -0.39 is 0 Å². The van der Waals surface area contributed by atoms with E-state index in [1.54, 1.807) is 50.4 Å². The molecule has 2 amide bonds. The van der Waals surface area contributed by atoms with Crippen LogP contribution in [0.4, 0.5) is 5.69 Å². The molecule has 0 unspecified atom stereocenters. The van der Waals surface area contributed by atoms with E-state index in [2.05, 4.69) is 15.8 Å². The molecule has 0 radical (unpaired) electrons. The number of benzene rings is 4. The molecule has 4 aromatic carbocycles. The first-order chi connectivity index (χ1) is 19.8. The van der Waals surface area contributed by atoms with Gasteiger partial charge < -0.3 is 19.5 Å². The van der Waals surface area contributed by atoms with Gasteiger partial charge >= 0.3 is 0 Å². The van der Waals surface area contributed by atoms with Gasteiger partial charge in [-0.25, -0.2) is 5.43 Å². The molecule has 0 atom stereocenters. The van der Waals surface area contributed by atoms with Gasteiger partial charge in [0, 0.05) is 21.8 Å². The fourth-order valence-electron chi connectivity index (χ4n) is 3.78.